The SMILES string of the molecule is CSC(=S)N/N=C\c1nc(-c2ccc(Cl)cc2)n2ccccc12. The minimum Gasteiger partial charge on any atom is -0.299 e. The average Bonchev–Trinajstić information content (AvgIpc) is 2.94. The van der Waals surface area contributed by atoms with Crippen LogP contribution >= 0.6 is 35.6 Å². The number of hydrazone groups is 1. The Labute approximate surface area is 148 Å². The lowest BCUT2D eigenvalue weighted by Crippen LogP contribution is -2.10. The predicted octanol–water partition coefficient (Wildman–Crippen LogP) is 4.23. The van der Waals surface area contributed by atoms with Crippen molar-refractivity contribution in [2.24, 2.45) is 5.10 Å². The molecule has 1 N–H and O–H groups in total. The van der Waals surface area contributed by atoms with Gasteiger partial charge in [0.15, 0.2) is 4.32 Å². The Kier molecular flexibility index (Phi) is 4.95. The predicted molar refractivity (Wildman–Crippen MR) is 102 cm³/mol. The third kappa shape index (κ3) is 3.55. The van der Waals surface area contributed by atoms with Gasteiger partial charge in [-0.2, -0.15) is 5.10 Å². The summed E-state index contributed by atoms with van der Waals surface area (Å²) >= 11 is 12.5. The molecule has 4 nitrogen and oxygen atoms in total. The van der Waals surface area contributed by atoms with Crippen molar-refractivity contribution in [3.63, 3.8) is 0 Å². The van der Waals surface area contributed by atoms with Crippen LogP contribution in [-0.4, -0.2) is 26.2 Å². The molecule has 0 unspecified atom stereocenters. The number of thioether (sulfide) groups is 1. The van der Waals surface area contributed by atoms with E-state index in [-0.39, 0.29) is 0 Å². The Morgan fingerprint density at radius 2 is 2.09 bits per heavy atom. The standard InChI is InChI=1S/C16H13ClN4S2/c1-23-16(22)20-18-10-13-14-4-2-3-9-21(14)15(19-13)11-5-7-12(17)8-6-11/h2-10H,1H3,(H,20,22)/b18-10-. The first kappa shape index (κ1) is 16.0. The maximum atomic E-state index is 5.96. The Hall–Kier alpha value is -1.89. The van der Waals surface area contributed by atoms with Crippen LogP contribution in [0.3, 0.4) is 0 Å². The van der Waals surface area contributed by atoms with Crippen molar-refractivity contribution in [1.29, 1.82) is 0 Å². The monoisotopic (exact) mass is 360 g/mol. The van der Waals surface area contributed by atoms with Gasteiger partial charge in [-0.1, -0.05) is 41.6 Å². The number of halogens is 1. The summed E-state index contributed by atoms with van der Waals surface area (Å²) in [6, 6.07) is 13.6. The van der Waals surface area contributed by atoms with E-state index in [2.05, 4.69) is 10.5 Å². The number of nitrogens with one attached hydrogen (secondary N) is 1. The molecule has 0 aliphatic heterocycles. The fourth-order valence-electron chi connectivity index (χ4n) is 2.15. The van der Waals surface area contributed by atoms with Crippen LogP contribution in [-0.2, 0) is 0 Å². The van der Waals surface area contributed by atoms with Gasteiger partial charge in [0.1, 0.15) is 11.5 Å². The van der Waals surface area contributed by atoms with Crippen LogP contribution in [0, 0.1) is 0 Å². The molecule has 0 bridgehead atoms. The van der Waals surface area contributed by atoms with Crippen LogP contribution in [0.25, 0.3) is 16.9 Å². The second-order valence-corrected chi connectivity index (χ2v) is 6.56. The number of pyridine rings is 1. The van der Waals surface area contributed by atoms with Crippen LogP contribution in [0.15, 0.2) is 53.8 Å². The number of benzene rings is 1. The maximum absolute atomic E-state index is 5.96. The average molecular weight is 361 g/mol. The van der Waals surface area contributed by atoms with Crippen molar-refractivity contribution in [3.8, 4) is 11.4 Å². The van der Waals surface area contributed by atoms with Gasteiger partial charge in [-0.3, -0.25) is 9.83 Å². The normalized spacial score (nSPS) is 11.2. The van der Waals surface area contributed by atoms with Gasteiger partial charge in [0.05, 0.1) is 11.7 Å². The van der Waals surface area contributed by atoms with Gasteiger partial charge in [-0.15, -0.1) is 0 Å². The number of hydrogen-bond donors (Lipinski definition) is 1. The highest BCUT2D eigenvalue weighted by atomic mass is 35.5. The van der Waals surface area contributed by atoms with Crippen molar-refractivity contribution in [3.05, 3.63) is 59.4 Å². The van der Waals surface area contributed by atoms with Gasteiger partial charge in [0.2, 0.25) is 0 Å². The molecule has 116 valence electrons. The van der Waals surface area contributed by atoms with Crippen molar-refractivity contribution < 1.29 is 0 Å². The highest BCUT2D eigenvalue weighted by Gasteiger charge is 2.10. The van der Waals surface area contributed by atoms with E-state index in [0.717, 1.165) is 22.6 Å². The Morgan fingerprint density at radius 1 is 1.30 bits per heavy atom. The number of aromatic nitrogens is 2. The lowest BCUT2D eigenvalue weighted by molar-refractivity contribution is 1.07. The quantitative estimate of drug-likeness (QED) is 0.431. The molecule has 23 heavy (non-hydrogen) atoms. The van der Waals surface area contributed by atoms with Crippen LogP contribution in [0.5, 0.6) is 0 Å². The summed E-state index contributed by atoms with van der Waals surface area (Å²) in [5, 5.41) is 4.85. The van der Waals surface area contributed by atoms with Gasteiger partial charge in [-0.25, -0.2) is 4.98 Å². The van der Waals surface area contributed by atoms with Crippen molar-refractivity contribution >= 4 is 51.6 Å². The molecule has 2 aromatic heterocycles. The van der Waals surface area contributed by atoms with Crippen molar-refractivity contribution in [1.82, 2.24) is 14.8 Å². The molecular weight excluding hydrogens is 348 g/mol. The lowest BCUT2D eigenvalue weighted by Gasteiger charge is -2.00. The van der Waals surface area contributed by atoms with Gasteiger partial charge < -0.3 is 0 Å². The Balaban J connectivity index is 2.03. The third-order valence-electron chi connectivity index (χ3n) is 3.21. The molecule has 0 aliphatic rings. The number of hydrogen-bond acceptors (Lipinski definition) is 4. The molecule has 0 saturated carbocycles. The summed E-state index contributed by atoms with van der Waals surface area (Å²) in [7, 11) is 0. The number of nitrogens with zero attached hydrogens (tertiary/aromatic N) is 3. The minimum absolute atomic E-state index is 0.614. The zero-order valence-corrected chi connectivity index (χ0v) is 14.6. The highest BCUT2D eigenvalue weighted by Crippen LogP contribution is 2.23. The molecule has 0 atom stereocenters. The van der Waals surface area contributed by atoms with E-state index >= 15 is 0 Å². The summed E-state index contributed by atoms with van der Waals surface area (Å²) in [6.07, 6.45) is 5.55. The van der Waals surface area contributed by atoms with E-state index in [1.807, 2.05) is 59.3 Å². The Bertz CT molecular complexity index is 871. The summed E-state index contributed by atoms with van der Waals surface area (Å²) < 4.78 is 2.64. The van der Waals surface area contributed by atoms with Crippen LogP contribution < -0.4 is 5.43 Å². The van der Waals surface area contributed by atoms with E-state index in [1.54, 1.807) is 6.21 Å². The van der Waals surface area contributed by atoms with Gasteiger partial charge in [-0.05, 0) is 42.7 Å². The summed E-state index contributed by atoms with van der Waals surface area (Å²) in [5.41, 5.74) is 5.53. The van der Waals surface area contributed by atoms with Gasteiger partial charge in [0.25, 0.3) is 0 Å². The van der Waals surface area contributed by atoms with E-state index < -0.39 is 0 Å². The summed E-state index contributed by atoms with van der Waals surface area (Å²) in [5.74, 6) is 0.839. The molecule has 7 heteroatoms. The van der Waals surface area contributed by atoms with Gasteiger partial charge in [0, 0.05) is 16.8 Å². The molecule has 0 amide bonds. The minimum atomic E-state index is 0.614. The topological polar surface area (TPSA) is 41.7 Å². The molecule has 3 aromatic rings. The number of rotatable bonds is 3. The first-order valence-electron chi connectivity index (χ1n) is 6.79. The van der Waals surface area contributed by atoms with E-state index in [4.69, 9.17) is 28.8 Å². The highest BCUT2D eigenvalue weighted by molar-refractivity contribution is 8.22. The molecule has 0 aliphatic carbocycles. The second-order valence-electron chi connectivity index (χ2n) is 4.65. The molecule has 1 aromatic carbocycles. The Morgan fingerprint density at radius 3 is 2.83 bits per heavy atom. The maximum Gasteiger partial charge on any atom is 0.153 e. The second kappa shape index (κ2) is 7.12. The fourth-order valence-corrected chi connectivity index (χ4v) is 2.47. The molecular formula is C16H13ClN4S2. The van der Waals surface area contributed by atoms with E-state index in [9.17, 15) is 0 Å². The molecule has 0 radical (unpaired) electrons. The third-order valence-corrected chi connectivity index (χ3v) is 4.51. The van der Waals surface area contributed by atoms with Crippen LogP contribution in [0.2, 0.25) is 5.02 Å². The fraction of sp³-hybridized carbons (Fsp3) is 0.0625. The number of thiocarbonyl (C=S) groups is 1. The summed E-state index contributed by atoms with van der Waals surface area (Å²) in [6.45, 7) is 0. The smallest absolute Gasteiger partial charge is 0.153 e. The zero-order chi connectivity index (χ0) is 16.2. The van der Waals surface area contributed by atoms with E-state index in [0.29, 0.717) is 9.34 Å². The number of fused-ring (bicyclic) bond motifs is 1. The lowest BCUT2D eigenvalue weighted by atomic mass is 10.2. The number of imidazole rings is 1. The molecule has 2 heterocycles. The molecule has 0 spiro atoms. The summed E-state index contributed by atoms with van der Waals surface area (Å²) in [4.78, 5) is 4.69. The van der Waals surface area contributed by atoms with Crippen LogP contribution in [0.4, 0.5) is 0 Å². The van der Waals surface area contributed by atoms with Crippen LogP contribution in [0.1, 0.15) is 5.69 Å². The van der Waals surface area contributed by atoms with Crippen molar-refractivity contribution in [2.75, 3.05) is 6.26 Å². The van der Waals surface area contributed by atoms with Gasteiger partial charge >= 0.3 is 0 Å². The molecule has 0 fully saturated rings. The van der Waals surface area contributed by atoms with E-state index in [1.165, 1.54) is 11.8 Å². The largest absolute Gasteiger partial charge is 0.299 e. The molecule has 0 saturated heterocycles. The molecule has 3 rings (SSSR count). The zero-order valence-electron chi connectivity index (χ0n) is 12.2. The first-order chi connectivity index (χ1) is 11.2. The first-order valence-corrected chi connectivity index (χ1v) is 8.80. The van der Waals surface area contributed by atoms with Crippen molar-refractivity contribution in [2.45, 2.75) is 0 Å².